The van der Waals surface area contributed by atoms with Gasteiger partial charge in [-0.15, -0.1) is 15.3 Å². The van der Waals surface area contributed by atoms with E-state index in [4.69, 9.17) is 4.74 Å². The molecule has 2 aromatic heterocycles. The molecule has 8 heteroatoms. The smallest absolute Gasteiger partial charge is 0.225 e. The topological polar surface area (TPSA) is 84.6 Å². The van der Waals surface area contributed by atoms with Crippen molar-refractivity contribution in [1.29, 1.82) is 0 Å². The lowest BCUT2D eigenvalue weighted by atomic mass is 9.97. The normalized spacial score (nSPS) is 16.9. The Morgan fingerprint density at radius 3 is 2.96 bits per heavy atom. The monoisotopic (exact) mass is 380 g/mol. The number of hydrogen-bond acceptors (Lipinski definition) is 6. The van der Waals surface area contributed by atoms with Crippen LogP contribution >= 0.6 is 0 Å². The fraction of sp³-hybridized carbons (Fsp3) is 0.400. The van der Waals surface area contributed by atoms with Gasteiger partial charge in [0, 0.05) is 25.2 Å². The molecule has 1 saturated heterocycles. The molecule has 1 fully saturated rings. The van der Waals surface area contributed by atoms with Crippen LogP contribution in [-0.2, 0) is 11.3 Å². The maximum atomic E-state index is 12.7. The molecule has 3 heterocycles. The fourth-order valence-corrected chi connectivity index (χ4v) is 3.63. The van der Waals surface area contributed by atoms with Gasteiger partial charge >= 0.3 is 0 Å². The van der Waals surface area contributed by atoms with Gasteiger partial charge in [0.15, 0.2) is 11.5 Å². The minimum atomic E-state index is -0.0667. The van der Waals surface area contributed by atoms with Crippen LogP contribution in [0.3, 0.4) is 0 Å². The molecule has 0 aliphatic carbocycles. The molecule has 146 valence electrons. The van der Waals surface area contributed by atoms with Gasteiger partial charge < -0.3 is 15.0 Å². The minimum absolute atomic E-state index is 0.0667. The van der Waals surface area contributed by atoms with E-state index in [1.807, 2.05) is 43.3 Å². The number of para-hydroxylation sites is 1. The molecular formula is C20H24N6O2. The van der Waals surface area contributed by atoms with Gasteiger partial charge in [0.1, 0.15) is 11.6 Å². The molecule has 1 amide bonds. The molecule has 1 aliphatic heterocycles. The van der Waals surface area contributed by atoms with Crippen LogP contribution in [0.15, 0.2) is 36.4 Å². The van der Waals surface area contributed by atoms with Gasteiger partial charge in [0.25, 0.3) is 0 Å². The van der Waals surface area contributed by atoms with Crippen molar-refractivity contribution in [3.63, 3.8) is 0 Å². The molecule has 4 rings (SSSR count). The molecular weight excluding hydrogens is 356 g/mol. The fourth-order valence-electron chi connectivity index (χ4n) is 3.63. The molecule has 28 heavy (non-hydrogen) atoms. The second-order valence-electron chi connectivity index (χ2n) is 7.02. The number of nitrogens with one attached hydrogen (secondary N) is 1. The number of anilines is 1. The third-order valence-corrected chi connectivity index (χ3v) is 5.17. The van der Waals surface area contributed by atoms with Crippen molar-refractivity contribution in [2.75, 3.05) is 25.1 Å². The van der Waals surface area contributed by atoms with Gasteiger partial charge in [-0.2, -0.15) is 4.52 Å². The number of hydrogen-bond donors (Lipinski definition) is 1. The highest BCUT2D eigenvalue weighted by molar-refractivity contribution is 5.79. The van der Waals surface area contributed by atoms with Crippen molar-refractivity contribution in [1.82, 2.24) is 25.1 Å². The number of fused-ring (bicyclic) bond motifs is 1. The van der Waals surface area contributed by atoms with Crippen molar-refractivity contribution in [2.45, 2.75) is 26.3 Å². The Kier molecular flexibility index (Phi) is 5.10. The Hall–Kier alpha value is -3.16. The van der Waals surface area contributed by atoms with Gasteiger partial charge in [-0.05, 0) is 38.0 Å². The first kappa shape index (κ1) is 18.2. The van der Waals surface area contributed by atoms with Crippen molar-refractivity contribution in [3.8, 4) is 5.75 Å². The minimum Gasteiger partial charge on any atom is -0.496 e. The van der Waals surface area contributed by atoms with E-state index >= 15 is 0 Å². The average Bonchev–Trinajstić information content (AvgIpc) is 3.12. The van der Waals surface area contributed by atoms with E-state index in [2.05, 4.69) is 25.5 Å². The summed E-state index contributed by atoms with van der Waals surface area (Å²) in [5, 5.41) is 15.8. The molecule has 1 aliphatic rings. The van der Waals surface area contributed by atoms with Crippen LogP contribution in [-0.4, -0.2) is 45.9 Å². The number of nitrogens with zero attached hydrogens (tertiary/aromatic N) is 5. The molecule has 1 N–H and O–H groups in total. The lowest BCUT2D eigenvalue weighted by Crippen LogP contribution is -2.43. The standard InChI is InChI=1S/C20H24N6O2/c1-14-22-23-18-9-10-19(24-26(14)18)25-11-5-7-16(13-25)20(27)21-12-15-6-3-4-8-17(15)28-2/h3-4,6,8-10,16H,5,7,11-13H2,1-2H3,(H,21,27). The quantitative estimate of drug-likeness (QED) is 0.729. The highest BCUT2D eigenvalue weighted by Gasteiger charge is 2.27. The van der Waals surface area contributed by atoms with Crippen LogP contribution in [0.1, 0.15) is 24.2 Å². The summed E-state index contributed by atoms with van der Waals surface area (Å²) < 4.78 is 7.09. The number of piperidine rings is 1. The van der Waals surface area contributed by atoms with Gasteiger partial charge in [-0.3, -0.25) is 4.79 Å². The summed E-state index contributed by atoms with van der Waals surface area (Å²) in [4.78, 5) is 14.9. The molecule has 1 atom stereocenters. The molecule has 0 bridgehead atoms. The largest absolute Gasteiger partial charge is 0.496 e. The van der Waals surface area contributed by atoms with Crippen LogP contribution < -0.4 is 15.0 Å². The van der Waals surface area contributed by atoms with E-state index in [0.717, 1.165) is 48.0 Å². The summed E-state index contributed by atoms with van der Waals surface area (Å²) in [7, 11) is 1.64. The molecule has 8 nitrogen and oxygen atoms in total. The number of aromatic nitrogens is 4. The van der Waals surface area contributed by atoms with E-state index in [1.165, 1.54) is 0 Å². The summed E-state index contributed by atoms with van der Waals surface area (Å²) in [6, 6.07) is 11.6. The van der Waals surface area contributed by atoms with Crippen molar-refractivity contribution < 1.29 is 9.53 Å². The van der Waals surface area contributed by atoms with E-state index in [9.17, 15) is 4.79 Å². The van der Waals surface area contributed by atoms with E-state index in [-0.39, 0.29) is 11.8 Å². The summed E-state index contributed by atoms with van der Waals surface area (Å²) in [6.07, 6.45) is 1.83. The number of aryl methyl sites for hydroxylation is 1. The lowest BCUT2D eigenvalue weighted by Gasteiger charge is -2.32. The Balaban J connectivity index is 1.42. The van der Waals surface area contributed by atoms with E-state index in [0.29, 0.717) is 13.1 Å². The second-order valence-corrected chi connectivity index (χ2v) is 7.02. The molecule has 0 spiro atoms. The van der Waals surface area contributed by atoms with Crippen molar-refractivity contribution in [3.05, 3.63) is 47.8 Å². The zero-order chi connectivity index (χ0) is 19.5. The number of amides is 1. The molecule has 1 aromatic carbocycles. The van der Waals surface area contributed by atoms with Crippen molar-refractivity contribution >= 4 is 17.4 Å². The van der Waals surface area contributed by atoms with Gasteiger partial charge in [0.2, 0.25) is 5.91 Å². The van der Waals surface area contributed by atoms with E-state index in [1.54, 1.807) is 11.6 Å². The number of carbonyl (C=O) groups is 1. The molecule has 1 unspecified atom stereocenters. The van der Waals surface area contributed by atoms with Gasteiger partial charge in [0.05, 0.1) is 13.0 Å². The molecule has 0 radical (unpaired) electrons. The highest BCUT2D eigenvalue weighted by atomic mass is 16.5. The second kappa shape index (κ2) is 7.84. The summed E-state index contributed by atoms with van der Waals surface area (Å²) >= 11 is 0. The zero-order valence-corrected chi connectivity index (χ0v) is 16.1. The summed E-state index contributed by atoms with van der Waals surface area (Å²) in [5.74, 6) is 2.38. The summed E-state index contributed by atoms with van der Waals surface area (Å²) in [6.45, 7) is 3.87. The molecule has 0 saturated carbocycles. The first-order valence-corrected chi connectivity index (χ1v) is 9.49. The average molecular weight is 380 g/mol. The van der Waals surface area contributed by atoms with Crippen LogP contribution in [0.2, 0.25) is 0 Å². The SMILES string of the molecule is COc1ccccc1CNC(=O)C1CCCN(c2ccc3nnc(C)n3n2)C1. The van der Waals surface area contributed by atoms with Crippen LogP contribution in [0, 0.1) is 12.8 Å². The van der Waals surface area contributed by atoms with Crippen LogP contribution in [0.4, 0.5) is 5.82 Å². The highest BCUT2D eigenvalue weighted by Crippen LogP contribution is 2.23. The predicted octanol–water partition coefficient (Wildman–Crippen LogP) is 1.97. The predicted molar refractivity (Wildman–Crippen MR) is 105 cm³/mol. The Bertz CT molecular complexity index is 986. The van der Waals surface area contributed by atoms with Gasteiger partial charge in [-0.25, -0.2) is 0 Å². The van der Waals surface area contributed by atoms with Crippen LogP contribution in [0.25, 0.3) is 5.65 Å². The van der Waals surface area contributed by atoms with Gasteiger partial charge in [-0.1, -0.05) is 18.2 Å². The lowest BCUT2D eigenvalue weighted by molar-refractivity contribution is -0.125. The number of ether oxygens (including phenoxy) is 1. The third kappa shape index (κ3) is 3.62. The molecule has 3 aromatic rings. The van der Waals surface area contributed by atoms with Crippen molar-refractivity contribution in [2.24, 2.45) is 5.92 Å². The maximum Gasteiger partial charge on any atom is 0.225 e. The Labute approximate surface area is 163 Å². The Morgan fingerprint density at radius 1 is 1.25 bits per heavy atom. The maximum absolute atomic E-state index is 12.7. The number of benzene rings is 1. The summed E-state index contributed by atoms with van der Waals surface area (Å²) in [5.41, 5.74) is 1.70. The third-order valence-electron chi connectivity index (χ3n) is 5.17. The van der Waals surface area contributed by atoms with E-state index < -0.39 is 0 Å². The Morgan fingerprint density at radius 2 is 2.11 bits per heavy atom. The van der Waals surface area contributed by atoms with Crippen LogP contribution in [0.5, 0.6) is 5.75 Å². The number of rotatable bonds is 5. The first-order chi connectivity index (χ1) is 13.7. The number of carbonyl (C=O) groups excluding carboxylic acids is 1. The number of methoxy groups -OCH3 is 1. The zero-order valence-electron chi connectivity index (χ0n) is 16.1. The first-order valence-electron chi connectivity index (χ1n) is 9.49.